The van der Waals surface area contributed by atoms with E-state index in [-0.39, 0.29) is 17.1 Å². The van der Waals surface area contributed by atoms with Crippen LogP contribution in [0.25, 0.3) is 11.0 Å². The van der Waals surface area contributed by atoms with E-state index in [1.165, 1.54) is 24.4 Å². The van der Waals surface area contributed by atoms with E-state index in [1.807, 2.05) is 0 Å². The highest BCUT2D eigenvalue weighted by atomic mass is 19.1. The predicted molar refractivity (Wildman–Crippen MR) is 84.1 cm³/mol. The van der Waals surface area contributed by atoms with Crippen LogP contribution in [0.1, 0.15) is 21.7 Å². The molecule has 0 fully saturated rings. The van der Waals surface area contributed by atoms with Gasteiger partial charge in [-0.25, -0.2) is 9.82 Å². The molecule has 23 heavy (non-hydrogen) atoms. The summed E-state index contributed by atoms with van der Waals surface area (Å²) in [6.45, 7) is 1.67. The topological polar surface area (TPSA) is 74.8 Å². The first-order valence-electron chi connectivity index (χ1n) is 6.87. The normalized spacial score (nSPS) is 11.2. The maximum Gasteiger partial charge on any atom is 0.307 e. The zero-order valence-corrected chi connectivity index (χ0v) is 12.2. The van der Waals surface area contributed by atoms with Gasteiger partial charge in [0.05, 0.1) is 11.6 Å². The van der Waals surface area contributed by atoms with Crippen molar-refractivity contribution in [3.05, 3.63) is 65.2 Å². The largest absolute Gasteiger partial charge is 0.507 e. The van der Waals surface area contributed by atoms with Gasteiger partial charge in [0.2, 0.25) is 0 Å². The van der Waals surface area contributed by atoms with E-state index in [0.29, 0.717) is 16.5 Å². The van der Waals surface area contributed by atoms with E-state index in [2.05, 4.69) is 10.5 Å². The summed E-state index contributed by atoms with van der Waals surface area (Å²) in [5.74, 6) is -0.925. The molecule has 1 heterocycles. The number of aryl methyl sites for hydroxylation is 1. The summed E-state index contributed by atoms with van der Waals surface area (Å²) >= 11 is 0. The first-order chi connectivity index (χ1) is 11.1. The molecule has 116 valence electrons. The lowest BCUT2D eigenvalue weighted by atomic mass is 10.1. The Labute approximate surface area is 131 Å². The SMILES string of the molecule is Cc1c(C(=O)N/N=C/c2ccccc2F)oc2cccc(O)c12. The molecule has 3 aromatic rings. The number of furan rings is 1. The van der Waals surface area contributed by atoms with Gasteiger partial charge in [0.15, 0.2) is 5.76 Å². The second-order valence-corrected chi connectivity index (χ2v) is 4.93. The third-order valence-corrected chi connectivity index (χ3v) is 3.41. The Morgan fingerprint density at radius 1 is 1.26 bits per heavy atom. The molecule has 0 aliphatic heterocycles. The van der Waals surface area contributed by atoms with Gasteiger partial charge < -0.3 is 9.52 Å². The molecule has 0 saturated heterocycles. The van der Waals surface area contributed by atoms with E-state index in [9.17, 15) is 14.3 Å². The van der Waals surface area contributed by atoms with E-state index in [1.54, 1.807) is 31.2 Å². The maximum atomic E-state index is 13.4. The third kappa shape index (κ3) is 2.78. The second kappa shape index (κ2) is 5.92. The molecule has 0 unspecified atom stereocenters. The van der Waals surface area contributed by atoms with Gasteiger partial charge in [-0.3, -0.25) is 4.79 Å². The number of nitrogens with zero attached hydrogens (tertiary/aromatic N) is 1. The van der Waals surface area contributed by atoms with Crippen molar-refractivity contribution in [3.63, 3.8) is 0 Å². The van der Waals surface area contributed by atoms with Crippen LogP contribution in [-0.4, -0.2) is 17.2 Å². The van der Waals surface area contributed by atoms with Crippen molar-refractivity contribution in [2.75, 3.05) is 0 Å². The van der Waals surface area contributed by atoms with E-state index < -0.39 is 11.7 Å². The van der Waals surface area contributed by atoms with Crippen LogP contribution in [0.2, 0.25) is 0 Å². The monoisotopic (exact) mass is 312 g/mol. The Bertz CT molecular complexity index is 915. The highest BCUT2D eigenvalue weighted by Gasteiger charge is 2.19. The van der Waals surface area contributed by atoms with Crippen LogP contribution in [0.4, 0.5) is 4.39 Å². The second-order valence-electron chi connectivity index (χ2n) is 4.93. The van der Waals surface area contributed by atoms with Crippen molar-refractivity contribution >= 4 is 23.1 Å². The van der Waals surface area contributed by atoms with Crippen LogP contribution in [0.3, 0.4) is 0 Å². The molecular formula is C17H13FN2O3. The van der Waals surface area contributed by atoms with E-state index in [0.717, 1.165) is 0 Å². The Kier molecular flexibility index (Phi) is 3.80. The number of hydrogen-bond donors (Lipinski definition) is 2. The summed E-state index contributed by atoms with van der Waals surface area (Å²) in [4.78, 5) is 12.1. The zero-order chi connectivity index (χ0) is 16.4. The van der Waals surface area contributed by atoms with Crippen LogP contribution < -0.4 is 5.43 Å². The number of halogens is 1. The number of benzene rings is 2. The average Bonchev–Trinajstić information content (AvgIpc) is 2.87. The number of carbonyl (C=O) groups excluding carboxylic acids is 1. The molecule has 0 bridgehead atoms. The summed E-state index contributed by atoms with van der Waals surface area (Å²) < 4.78 is 18.9. The van der Waals surface area contributed by atoms with Crippen LogP contribution >= 0.6 is 0 Å². The lowest BCUT2D eigenvalue weighted by Gasteiger charge is -1.98. The lowest BCUT2D eigenvalue weighted by molar-refractivity contribution is 0.0929. The number of rotatable bonds is 3. The molecule has 1 amide bonds. The Hall–Kier alpha value is -3.15. The van der Waals surface area contributed by atoms with Crippen LogP contribution in [0, 0.1) is 12.7 Å². The highest BCUT2D eigenvalue weighted by Crippen LogP contribution is 2.32. The fraction of sp³-hybridized carbons (Fsp3) is 0.0588. The Morgan fingerprint density at radius 2 is 2.04 bits per heavy atom. The number of hydrazone groups is 1. The van der Waals surface area contributed by atoms with Crippen LogP contribution in [0.5, 0.6) is 5.75 Å². The molecule has 3 rings (SSSR count). The molecule has 1 aromatic heterocycles. The molecule has 2 aromatic carbocycles. The van der Waals surface area contributed by atoms with Gasteiger partial charge in [-0.15, -0.1) is 0 Å². The van der Waals surface area contributed by atoms with Gasteiger partial charge in [-0.2, -0.15) is 5.10 Å². The number of fused-ring (bicyclic) bond motifs is 1. The van der Waals surface area contributed by atoms with Gasteiger partial charge in [-0.05, 0) is 25.1 Å². The van der Waals surface area contributed by atoms with Gasteiger partial charge in [0.1, 0.15) is 17.1 Å². The van der Waals surface area contributed by atoms with Crippen LogP contribution in [0.15, 0.2) is 52.0 Å². The molecule has 6 heteroatoms. The minimum atomic E-state index is -0.578. The van der Waals surface area contributed by atoms with E-state index in [4.69, 9.17) is 4.42 Å². The summed E-state index contributed by atoms with van der Waals surface area (Å²) in [7, 11) is 0. The summed E-state index contributed by atoms with van der Waals surface area (Å²) in [5.41, 5.74) is 3.46. The average molecular weight is 312 g/mol. The maximum absolute atomic E-state index is 13.4. The molecule has 0 aliphatic carbocycles. The fourth-order valence-corrected chi connectivity index (χ4v) is 2.29. The number of aromatic hydroxyl groups is 1. The molecule has 0 saturated carbocycles. The smallest absolute Gasteiger partial charge is 0.307 e. The first kappa shape index (κ1) is 14.8. The van der Waals surface area contributed by atoms with Crippen molar-refractivity contribution in [2.24, 2.45) is 5.10 Å². The minimum absolute atomic E-state index is 0.0395. The van der Waals surface area contributed by atoms with Crippen molar-refractivity contribution in [1.82, 2.24) is 5.43 Å². The molecule has 0 spiro atoms. The Balaban J connectivity index is 1.83. The van der Waals surface area contributed by atoms with Gasteiger partial charge in [0, 0.05) is 11.1 Å². The number of phenols is 1. The van der Waals surface area contributed by atoms with Gasteiger partial charge in [-0.1, -0.05) is 24.3 Å². The first-order valence-corrected chi connectivity index (χ1v) is 6.87. The van der Waals surface area contributed by atoms with Crippen molar-refractivity contribution < 1.29 is 18.7 Å². The van der Waals surface area contributed by atoms with Gasteiger partial charge in [0.25, 0.3) is 0 Å². The number of amides is 1. The van der Waals surface area contributed by atoms with Gasteiger partial charge >= 0.3 is 5.91 Å². The van der Waals surface area contributed by atoms with Crippen molar-refractivity contribution in [1.29, 1.82) is 0 Å². The molecule has 0 aliphatic rings. The summed E-state index contributed by atoms with van der Waals surface area (Å²) in [5, 5.41) is 14.0. The lowest BCUT2D eigenvalue weighted by Crippen LogP contribution is -2.17. The number of carbonyl (C=O) groups is 1. The number of nitrogens with one attached hydrogen (secondary N) is 1. The molecular weight excluding hydrogens is 299 g/mol. The quantitative estimate of drug-likeness (QED) is 0.575. The molecule has 0 radical (unpaired) electrons. The molecule has 2 N–H and O–H groups in total. The molecule has 0 atom stereocenters. The number of phenolic OH excluding ortho intramolecular Hbond substituents is 1. The summed E-state index contributed by atoms with van der Waals surface area (Å²) in [6, 6.07) is 10.9. The van der Waals surface area contributed by atoms with Crippen molar-refractivity contribution in [3.8, 4) is 5.75 Å². The fourth-order valence-electron chi connectivity index (χ4n) is 2.29. The Morgan fingerprint density at radius 3 is 2.78 bits per heavy atom. The zero-order valence-electron chi connectivity index (χ0n) is 12.2. The van der Waals surface area contributed by atoms with E-state index >= 15 is 0 Å². The predicted octanol–water partition coefficient (Wildman–Crippen LogP) is 3.35. The number of hydrogen-bond acceptors (Lipinski definition) is 4. The van der Waals surface area contributed by atoms with Crippen molar-refractivity contribution in [2.45, 2.75) is 6.92 Å². The highest BCUT2D eigenvalue weighted by molar-refractivity contribution is 6.00. The molecule has 5 nitrogen and oxygen atoms in total. The standard InChI is InChI=1S/C17H13FN2O3/c1-10-15-13(21)7-4-8-14(15)23-16(10)17(22)20-19-9-11-5-2-3-6-12(11)18/h2-9,21H,1H3,(H,20,22)/b19-9+. The minimum Gasteiger partial charge on any atom is -0.507 e. The van der Waals surface area contributed by atoms with Crippen LogP contribution in [-0.2, 0) is 0 Å². The third-order valence-electron chi connectivity index (χ3n) is 3.41. The summed E-state index contributed by atoms with van der Waals surface area (Å²) in [6.07, 6.45) is 1.21.